The number of carbonyl (C=O) groups excluding carboxylic acids is 1. The molecule has 0 amide bonds. The van der Waals surface area contributed by atoms with Crippen LogP contribution in [0.5, 0.6) is 0 Å². The van der Waals surface area contributed by atoms with Gasteiger partial charge in [-0.25, -0.2) is 0 Å². The van der Waals surface area contributed by atoms with Crippen molar-refractivity contribution >= 4 is 17.7 Å². The first-order valence-electron chi connectivity index (χ1n) is 7.00. The van der Waals surface area contributed by atoms with Crippen molar-refractivity contribution in [2.45, 2.75) is 39.3 Å². The second-order valence-corrected chi connectivity index (χ2v) is 6.65. The quantitative estimate of drug-likeness (QED) is 0.782. The Kier molecular flexibility index (Phi) is 7.10. The van der Waals surface area contributed by atoms with Gasteiger partial charge in [-0.2, -0.15) is 0 Å². The van der Waals surface area contributed by atoms with Crippen LogP contribution in [0.1, 0.15) is 39.3 Å². The average Bonchev–Trinajstić information content (AvgIpc) is 2.36. The summed E-state index contributed by atoms with van der Waals surface area (Å²) in [5.74, 6) is 1.11. The molecule has 4 heteroatoms. The molecule has 0 saturated heterocycles. The van der Waals surface area contributed by atoms with E-state index in [-0.39, 0.29) is 12.0 Å². The highest BCUT2D eigenvalue weighted by Crippen LogP contribution is 2.19. The van der Waals surface area contributed by atoms with Gasteiger partial charge in [0.25, 0.3) is 0 Å². The van der Waals surface area contributed by atoms with Crippen LogP contribution in [-0.4, -0.2) is 29.6 Å². The number of rotatable bonds is 7. The van der Waals surface area contributed by atoms with Gasteiger partial charge in [-0.3, -0.25) is 4.79 Å². The maximum atomic E-state index is 11.7. The summed E-state index contributed by atoms with van der Waals surface area (Å²) in [5.41, 5.74) is 0.851. The van der Waals surface area contributed by atoms with E-state index in [1.165, 1.54) is 5.56 Å². The molecule has 0 aromatic heterocycles. The van der Waals surface area contributed by atoms with Crippen molar-refractivity contribution < 1.29 is 9.53 Å². The Morgan fingerprint density at radius 3 is 2.50 bits per heavy atom. The Balaban J connectivity index is 2.42. The summed E-state index contributed by atoms with van der Waals surface area (Å²) in [6, 6.07) is 10.6. The SMILES string of the molecule is CCNC(CSCC(=O)OC(C)(C)C)c1ccccc1. The summed E-state index contributed by atoms with van der Waals surface area (Å²) in [6.07, 6.45) is 0. The van der Waals surface area contributed by atoms with Gasteiger partial charge in [0.05, 0.1) is 5.75 Å². The van der Waals surface area contributed by atoms with E-state index in [1.54, 1.807) is 11.8 Å². The topological polar surface area (TPSA) is 38.3 Å². The lowest BCUT2D eigenvalue weighted by Crippen LogP contribution is -2.26. The maximum absolute atomic E-state index is 11.7. The third kappa shape index (κ3) is 6.96. The number of esters is 1. The van der Waals surface area contributed by atoms with Crippen LogP contribution in [0.25, 0.3) is 0 Å². The maximum Gasteiger partial charge on any atom is 0.316 e. The monoisotopic (exact) mass is 295 g/mol. The smallest absolute Gasteiger partial charge is 0.316 e. The molecule has 0 aliphatic carbocycles. The minimum atomic E-state index is -0.405. The molecule has 1 aromatic rings. The predicted molar refractivity (Wildman–Crippen MR) is 86.0 cm³/mol. The van der Waals surface area contributed by atoms with Gasteiger partial charge in [0.2, 0.25) is 0 Å². The summed E-state index contributed by atoms with van der Waals surface area (Å²) >= 11 is 1.61. The van der Waals surface area contributed by atoms with Gasteiger partial charge >= 0.3 is 5.97 Å². The molecule has 0 aliphatic heterocycles. The van der Waals surface area contributed by atoms with Crippen LogP contribution in [0.2, 0.25) is 0 Å². The minimum Gasteiger partial charge on any atom is -0.459 e. The van der Waals surface area contributed by atoms with E-state index in [0.717, 1.165) is 12.3 Å². The Morgan fingerprint density at radius 1 is 1.30 bits per heavy atom. The van der Waals surface area contributed by atoms with Gasteiger partial charge in [-0.15, -0.1) is 11.8 Å². The fraction of sp³-hybridized carbons (Fsp3) is 0.562. The molecule has 0 aliphatic rings. The van der Waals surface area contributed by atoms with Gasteiger partial charge in [-0.05, 0) is 32.9 Å². The Hall–Kier alpha value is -1.00. The fourth-order valence-corrected chi connectivity index (χ4v) is 2.73. The van der Waals surface area contributed by atoms with Crippen molar-refractivity contribution in [3.63, 3.8) is 0 Å². The number of hydrogen-bond acceptors (Lipinski definition) is 4. The lowest BCUT2D eigenvalue weighted by atomic mass is 10.1. The first-order valence-corrected chi connectivity index (χ1v) is 8.15. The van der Waals surface area contributed by atoms with Crippen LogP contribution in [0.4, 0.5) is 0 Å². The zero-order chi connectivity index (χ0) is 15.0. The molecule has 0 radical (unpaired) electrons. The van der Waals surface area contributed by atoms with Gasteiger partial charge < -0.3 is 10.1 Å². The van der Waals surface area contributed by atoms with Crippen molar-refractivity contribution in [3.8, 4) is 0 Å². The van der Waals surface area contributed by atoms with Gasteiger partial charge in [0.1, 0.15) is 5.60 Å². The highest BCUT2D eigenvalue weighted by molar-refractivity contribution is 7.99. The molecular formula is C16H25NO2S. The van der Waals surface area contributed by atoms with Crippen molar-refractivity contribution in [2.24, 2.45) is 0 Å². The second-order valence-electron chi connectivity index (χ2n) is 5.62. The number of thioether (sulfide) groups is 1. The van der Waals surface area contributed by atoms with E-state index in [9.17, 15) is 4.79 Å². The third-order valence-corrected chi connectivity index (χ3v) is 3.59. The Morgan fingerprint density at radius 2 is 1.95 bits per heavy atom. The lowest BCUT2D eigenvalue weighted by molar-refractivity contribution is -0.151. The van der Waals surface area contributed by atoms with E-state index in [4.69, 9.17) is 4.74 Å². The van der Waals surface area contributed by atoms with Gasteiger partial charge in [0.15, 0.2) is 0 Å². The van der Waals surface area contributed by atoms with E-state index < -0.39 is 5.60 Å². The van der Waals surface area contributed by atoms with Gasteiger partial charge in [-0.1, -0.05) is 37.3 Å². The van der Waals surface area contributed by atoms with Crippen molar-refractivity contribution in [2.75, 3.05) is 18.1 Å². The first-order chi connectivity index (χ1) is 9.42. The standard InChI is InChI=1S/C16H25NO2S/c1-5-17-14(13-9-7-6-8-10-13)11-20-12-15(18)19-16(2,3)4/h6-10,14,17H,5,11-12H2,1-4H3. The van der Waals surface area contributed by atoms with Crippen molar-refractivity contribution in [1.82, 2.24) is 5.32 Å². The van der Waals surface area contributed by atoms with Gasteiger partial charge in [0, 0.05) is 11.8 Å². The largest absolute Gasteiger partial charge is 0.459 e. The number of ether oxygens (including phenoxy) is 1. The summed E-state index contributed by atoms with van der Waals surface area (Å²) in [7, 11) is 0. The summed E-state index contributed by atoms with van der Waals surface area (Å²) in [6.45, 7) is 8.67. The molecule has 1 atom stereocenters. The molecule has 0 spiro atoms. The van der Waals surface area contributed by atoms with E-state index >= 15 is 0 Å². The summed E-state index contributed by atoms with van der Waals surface area (Å²) < 4.78 is 5.31. The molecule has 1 N–H and O–H groups in total. The van der Waals surface area contributed by atoms with Crippen LogP contribution in [0.3, 0.4) is 0 Å². The first kappa shape index (κ1) is 17.1. The molecule has 1 unspecified atom stereocenters. The number of nitrogens with one attached hydrogen (secondary N) is 1. The fourth-order valence-electron chi connectivity index (χ4n) is 1.84. The molecule has 112 valence electrons. The molecule has 1 aromatic carbocycles. The Bertz CT molecular complexity index is 401. The predicted octanol–water partition coefficient (Wildman–Crippen LogP) is 3.41. The normalized spacial score (nSPS) is 13.0. The van der Waals surface area contributed by atoms with Crippen molar-refractivity contribution in [1.29, 1.82) is 0 Å². The molecule has 0 saturated carbocycles. The minimum absolute atomic E-state index is 0.147. The lowest BCUT2D eigenvalue weighted by Gasteiger charge is -2.20. The molecule has 20 heavy (non-hydrogen) atoms. The molecule has 0 bridgehead atoms. The summed E-state index contributed by atoms with van der Waals surface area (Å²) in [4.78, 5) is 11.7. The molecule has 1 rings (SSSR count). The van der Waals surface area contributed by atoms with E-state index in [0.29, 0.717) is 5.75 Å². The Labute approximate surface area is 126 Å². The zero-order valence-electron chi connectivity index (χ0n) is 12.8. The third-order valence-electron chi connectivity index (χ3n) is 2.58. The highest BCUT2D eigenvalue weighted by Gasteiger charge is 2.17. The van der Waals surface area contributed by atoms with Crippen LogP contribution in [-0.2, 0) is 9.53 Å². The van der Waals surface area contributed by atoms with Crippen LogP contribution < -0.4 is 5.32 Å². The van der Waals surface area contributed by atoms with E-state index in [2.05, 4.69) is 24.4 Å². The highest BCUT2D eigenvalue weighted by atomic mass is 32.2. The molecular weight excluding hydrogens is 270 g/mol. The number of carbonyl (C=O) groups is 1. The van der Waals surface area contributed by atoms with Crippen LogP contribution >= 0.6 is 11.8 Å². The van der Waals surface area contributed by atoms with Crippen molar-refractivity contribution in [3.05, 3.63) is 35.9 Å². The molecule has 3 nitrogen and oxygen atoms in total. The molecule has 0 heterocycles. The summed E-state index contributed by atoms with van der Waals surface area (Å²) in [5, 5.41) is 3.45. The van der Waals surface area contributed by atoms with Crippen LogP contribution in [0, 0.1) is 0 Å². The zero-order valence-corrected chi connectivity index (χ0v) is 13.6. The number of hydrogen-bond donors (Lipinski definition) is 1. The molecule has 0 fully saturated rings. The van der Waals surface area contributed by atoms with E-state index in [1.807, 2.05) is 39.0 Å². The van der Waals surface area contributed by atoms with Crippen LogP contribution in [0.15, 0.2) is 30.3 Å². The number of benzene rings is 1. The second kappa shape index (κ2) is 8.32. The average molecular weight is 295 g/mol.